The molecule has 1 aliphatic heterocycles. The van der Waals surface area contributed by atoms with Crippen molar-refractivity contribution in [3.63, 3.8) is 0 Å². The van der Waals surface area contributed by atoms with E-state index in [-0.39, 0.29) is 22.4 Å². The summed E-state index contributed by atoms with van der Waals surface area (Å²) in [7, 11) is 1.82. The SMILES string of the molecule is CN1CCCC(CNc2cnn(-c3ccc(C4CCCC4)cc3)c(=O)c2Cl)C1=O. The van der Waals surface area contributed by atoms with E-state index >= 15 is 0 Å². The smallest absolute Gasteiger partial charge is 0.292 e. The van der Waals surface area contributed by atoms with E-state index in [4.69, 9.17) is 11.6 Å². The summed E-state index contributed by atoms with van der Waals surface area (Å²) in [6.45, 7) is 1.25. The fourth-order valence-electron chi connectivity index (χ4n) is 4.43. The van der Waals surface area contributed by atoms with E-state index in [1.54, 1.807) is 11.1 Å². The molecular weight excluding hydrogens is 388 g/mol. The molecule has 154 valence electrons. The van der Waals surface area contributed by atoms with Gasteiger partial charge in [-0.25, -0.2) is 0 Å². The molecule has 29 heavy (non-hydrogen) atoms. The maximum absolute atomic E-state index is 12.8. The first-order valence-corrected chi connectivity index (χ1v) is 10.8. The molecule has 1 atom stereocenters. The molecule has 4 rings (SSSR count). The minimum atomic E-state index is -0.364. The topological polar surface area (TPSA) is 67.2 Å². The first-order valence-electron chi connectivity index (χ1n) is 10.4. The van der Waals surface area contributed by atoms with Crippen LogP contribution < -0.4 is 10.9 Å². The molecule has 1 aromatic carbocycles. The quantitative estimate of drug-likeness (QED) is 0.807. The summed E-state index contributed by atoms with van der Waals surface area (Å²) in [6, 6.07) is 8.04. The Morgan fingerprint density at radius 3 is 2.55 bits per heavy atom. The lowest BCUT2D eigenvalue weighted by Crippen LogP contribution is -2.41. The first-order chi connectivity index (χ1) is 14.0. The number of benzene rings is 1. The number of aromatic nitrogens is 2. The molecule has 2 fully saturated rings. The molecule has 2 aliphatic rings. The largest absolute Gasteiger partial charge is 0.382 e. The lowest BCUT2D eigenvalue weighted by molar-refractivity contribution is -0.136. The van der Waals surface area contributed by atoms with Gasteiger partial charge in [0.1, 0.15) is 5.02 Å². The van der Waals surface area contributed by atoms with Crippen molar-refractivity contribution in [3.8, 4) is 5.69 Å². The average Bonchev–Trinajstić information content (AvgIpc) is 3.27. The van der Waals surface area contributed by atoms with Gasteiger partial charge in [-0.05, 0) is 49.3 Å². The molecule has 6 nitrogen and oxygen atoms in total. The predicted molar refractivity (Wildman–Crippen MR) is 115 cm³/mol. The number of carbonyl (C=O) groups excluding carboxylic acids is 1. The molecule has 1 N–H and O–H groups in total. The summed E-state index contributed by atoms with van der Waals surface area (Å²) in [4.78, 5) is 26.7. The van der Waals surface area contributed by atoms with E-state index in [1.165, 1.54) is 35.9 Å². The molecule has 7 heteroatoms. The van der Waals surface area contributed by atoms with Crippen LogP contribution in [0.25, 0.3) is 5.69 Å². The third-order valence-corrected chi connectivity index (χ3v) is 6.56. The molecule has 0 spiro atoms. The van der Waals surface area contributed by atoms with E-state index < -0.39 is 0 Å². The van der Waals surface area contributed by atoms with Gasteiger partial charge in [0.25, 0.3) is 5.56 Å². The second-order valence-corrected chi connectivity index (χ2v) is 8.52. The number of rotatable bonds is 5. The van der Waals surface area contributed by atoms with Crippen LogP contribution in [0.15, 0.2) is 35.3 Å². The summed E-state index contributed by atoms with van der Waals surface area (Å²) >= 11 is 6.33. The molecule has 1 saturated carbocycles. The van der Waals surface area contributed by atoms with E-state index in [2.05, 4.69) is 22.5 Å². The minimum Gasteiger partial charge on any atom is -0.382 e. The number of likely N-dealkylation sites (tertiary alicyclic amines) is 1. The summed E-state index contributed by atoms with van der Waals surface area (Å²) in [5.74, 6) is 0.657. The number of nitrogens with one attached hydrogen (secondary N) is 1. The minimum absolute atomic E-state index is 0.0940. The molecule has 2 heterocycles. The lowest BCUT2D eigenvalue weighted by atomic mass is 9.97. The van der Waals surface area contributed by atoms with Crippen LogP contribution in [0.4, 0.5) is 5.69 Å². The van der Waals surface area contributed by atoms with Gasteiger partial charge in [-0.3, -0.25) is 9.59 Å². The van der Waals surface area contributed by atoms with Gasteiger partial charge in [0.05, 0.1) is 23.5 Å². The Morgan fingerprint density at radius 2 is 1.83 bits per heavy atom. The zero-order chi connectivity index (χ0) is 20.4. The van der Waals surface area contributed by atoms with Crippen LogP contribution >= 0.6 is 11.6 Å². The Labute approximate surface area is 175 Å². The van der Waals surface area contributed by atoms with Crippen molar-refractivity contribution in [1.82, 2.24) is 14.7 Å². The van der Waals surface area contributed by atoms with Crippen LogP contribution in [0, 0.1) is 5.92 Å². The monoisotopic (exact) mass is 414 g/mol. The van der Waals surface area contributed by atoms with Crippen LogP contribution in [0.5, 0.6) is 0 Å². The average molecular weight is 415 g/mol. The van der Waals surface area contributed by atoms with Crippen LogP contribution in [-0.4, -0.2) is 40.7 Å². The number of anilines is 1. The second-order valence-electron chi connectivity index (χ2n) is 8.14. The van der Waals surface area contributed by atoms with E-state index in [9.17, 15) is 9.59 Å². The molecule has 1 saturated heterocycles. The highest BCUT2D eigenvalue weighted by molar-refractivity contribution is 6.32. The zero-order valence-electron chi connectivity index (χ0n) is 16.7. The normalized spacial score (nSPS) is 20.3. The highest BCUT2D eigenvalue weighted by Gasteiger charge is 2.26. The molecule has 0 bridgehead atoms. The number of hydrogen-bond donors (Lipinski definition) is 1. The highest BCUT2D eigenvalue weighted by Crippen LogP contribution is 2.34. The number of hydrogen-bond acceptors (Lipinski definition) is 4. The fraction of sp³-hybridized carbons (Fsp3) is 0.500. The Bertz CT molecular complexity index is 935. The molecule has 1 amide bonds. The molecule has 1 aromatic heterocycles. The molecular formula is C22H27ClN4O2. The van der Waals surface area contributed by atoms with Gasteiger partial charge in [0.2, 0.25) is 5.91 Å². The number of amides is 1. The molecule has 1 unspecified atom stereocenters. The van der Waals surface area contributed by atoms with Gasteiger partial charge in [0, 0.05) is 20.1 Å². The molecule has 1 aliphatic carbocycles. The van der Waals surface area contributed by atoms with Crippen molar-refractivity contribution in [1.29, 1.82) is 0 Å². The van der Waals surface area contributed by atoms with E-state index in [1.807, 2.05) is 19.2 Å². The molecule has 0 radical (unpaired) electrons. The van der Waals surface area contributed by atoms with Gasteiger partial charge in [0.15, 0.2) is 0 Å². The first kappa shape index (κ1) is 20.0. The van der Waals surface area contributed by atoms with Crippen LogP contribution in [-0.2, 0) is 4.79 Å². The second kappa shape index (κ2) is 8.57. The predicted octanol–water partition coefficient (Wildman–Crippen LogP) is 3.82. The number of nitrogens with zero attached hydrogens (tertiary/aromatic N) is 3. The number of carbonyl (C=O) groups is 1. The Balaban J connectivity index is 1.48. The third-order valence-electron chi connectivity index (χ3n) is 6.19. The van der Waals surface area contributed by atoms with Gasteiger partial charge >= 0.3 is 0 Å². The van der Waals surface area contributed by atoms with Gasteiger partial charge in [-0.1, -0.05) is 36.6 Å². The number of piperidine rings is 1. The summed E-state index contributed by atoms with van der Waals surface area (Å²) in [5.41, 5.74) is 2.13. The van der Waals surface area contributed by atoms with Crippen LogP contribution in [0.1, 0.15) is 50.0 Å². The third kappa shape index (κ3) is 4.17. The summed E-state index contributed by atoms with van der Waals surface area (Å²) in [5, 5.41) is 7.53. The van der Waals surface area contributed by atoms with Gasteiger partial charge in [-0.2, -0.15) is 9.78 Å². The maximum Gasteiger partial charge on any atom is 0.292 e. The summed E-state index contributed by atoms with van der Waals surface area (Å²) < 4.78 is 1.32. The van der Waals surface area contributed by atoms with Crippen LogP contribution in [0.3, 0.4) is 0 Å². The summed E-state index contributed by atoms with van der Waals surface area (Å²) in [6.07, 6.45) is 8.45. The number of halogens is 1. The van der Waals surface area contributed by atoms with Crippen LogP contribution in [0.2, 0.25) is 5.02 Å². The van der Waals surface area contributed by atoms with Crippen molar-refractivity contribution < 1.29 is 4.79 Å². The van der Waals surface area contributed by atoms with Crippen molar-refractivity contribution in [2.45, 2.75) is 44.4 Å². The maximum atomic E-state index is 12.8. The van der Waals surface area contributed by atoms with Crippen molar-refractivity contribution >= 4 is 23.2 Å². The van der Waals surface area contributed by atoms with Gasteiger partial charge < -0.3 is 10.2 Å². The van der Waals surface area contributed by atoms with Crippen molar-refractivity contribution in [3.05, 3.63) is 51.4 Å². The van der Waals surface area contributed by atoms with Crippen molar-refractivity contribution in [2.75, 3.05) is 25.5 Å². The zero-order valence-corrected chi connectivity index (χ0v) is 17.5. The highest BCUT2D eigenvalue weighted by atomic mass is 35.5. The lowest BCUT2D eigenvalue weighted by Gasteiger charge is -2.29. The fourth-order valence-corrected chi connectivity index (χ4v) is 4.63. The Morgan fingerprint density at radius 1 is 1.10 bits per heavy atom. The van der Waals surface area contributed by atoms with Crippen molar-refractivity contribution in [2.24, 2.45) is 5.92 Å². The van der Waals surface area contributed by atoms with E-state index in [0.717, 1.165) is 19.4 Å². The Hall–Kier alpha value is -2.34. The van der Waals surface area contributed by atoms with E-state index in [0.29, 0.717) is 23.8 Å². The van der Waals surface area contributed by atoms with Gasteiger partial charge in [-0.15, -0.1) is 0 Å². The molecule has 2 aromatic rings. The Kier molecular flexibility index (Phi) is 5.90. The standard InChI is InChI=1S/C22H27ClN4O2/c1-26-12-4-7-17(21(26)28)13-24-19-14-25-27(22(29)20(19)23)18-10-8-16(9-11-18)15-5-2-3-6-15/h8-11,14-15,17,24H,2-7,12-13H2,1H3.